The molecule has 21 heavy (non-hydrogen) atoms. The van der Waals surface area contributed by atoms with Gasteiger partial charge in [-0.1, -0.05) is 13.0 Å². The van der Waals surface area contributed by atoms with Gasteiger partial charge in [0.15, 0.2) is 0 Å². The number of aliphatic hydroxyl groups excluding tert-OH is 1. The van der Waals surface area contributed by atoms with Crippen LogP contribution in [0.25, 0.3) is 0 Å². The number of β-amino-alcohol motifs (C(OH)–C–C–N with tert-alkyl or cyclic N) is 1. The zero-order chi connectivity index (χ0) is 15.2. The lowest BCUT2D eigenvalue weighted by Crippen LogP contribution is -2.43. The third kappa shape index (κ3) is 5.10. The van der Waals surface area contributed by atoms with Crippen molar-refractivity contribution in [2.45, 2.75) is 32.8 Å². The molecule has 116 valence electrons. The van der Waals surface area contributed by atoms with Gasteiger partial charge in [-0.15, -0.1) is 0 Å². The molecule has 2 N–H and O–H groups in total. The summed E-state index contributed by atoms with van der Waals surface area (Å²) in [4.78, 5) is 18.4. The van der Waals surface area contributed by atoms with Gasteiger partial charge in [-0.3, -0.25) is 4.79 Å². The van der Waals surface area contributed by atoms with E-state index in [9.17, 15) is 9.90 Å². The number of carbonyl (C=O) groups excluding carboxylic acids is 1. The van der Waals surface area contributed by atoms with E-state index in [4.69, 9.17) is 0 Å². The highest BCUT2D eigenvalue weighted by molar-refractivity contribution is 5.92. The Morgan fingerprint density at radius 3 is 2.86 bits per heavy atom. The highest BCUT2D eigenvalue weighted by atomic mass is 16.3. The minimum atomic E-state index is -0.535. The Kier molecular flexibility index (Phi) is 5.70. The van der Waals surface area contributed by atoms with Crippen molar-refractivity contribution in [3.63, 3.8) is 0 Å². The molecule has 1 aromatic rings. The van der Waals surface area contributed by atoms with Crippen molar-refractivity contribution in [3.8, 4) is 0 Å². The molecular formula is C16H25N3O2. The van der Waals surface area contributed by atoms with Gasteiger partial charge in [-0.25, -0.2) is 4.98 Å². The molecule has 0 spiro atoms. The summed E-state index contributed by atoms with van der Waals surface area (Å²) in [5, 5.41) is 12.8. The van der Waals surface area contributed by atoms with Gasteiger partial charge >= 0.3 is 0 Å². The second-order valence-electron chi connectivity index (χ2n) is 6.01. The molecule has 1 unspecified atom stereocenters. The Morgan fingerprint density at radius 1 is 1.48 bits per heavy atom. The van der Waals surface area contributed by atoms with Crippen LogP contribution in [-0.2, 0) is 0 Å². The van der Waals surface area contributed by atoms with Crippen LogP contribution in [0.4, 0.5) is 0 Å². The third-order valence-electron chi connectivity index (χ3n) is 3.96. The molecule has 2 heterocycles. The highest BCUT2D eigenvalue weighted by Gasteiger charge is 2.18. The summed E-state index contributed by atoms with van der Waals surface area (Å²) in [5.41, 5.74) is 1.21. The van der Waals surface area contributed by atoms with Gasteiger partial charge in [-0.05, 0) is 50.9 Å². The quantitative estimate of drug-likeness (QED) is 0.856. The fraction of sp³-hybridized carbons (Fsp3) is 0.625. The monoisotopic (exact) mass is 291 g/mol. The minimum absolute atomic E-state index is 0.231. The van der Waals surface area contributed by atoms with Gasteiger partial charge in [0.25, 0.3) is 5.91 Å². The number of nitrogens with one attached hydrogen (secondary N) is 1. The Morgan fingerprint density at radius 2 is 2.19 bits per heavy atom. The number of amides is 1. The highest BCUT2D eigenvalue weighted by Crippen LogP contribution is 2.15. The topological polar surface area (TPSA) is 65.5 Å². The predicted octanol–water partition coefficient (Wildman–Crippen LogP) is 1.21. The fourth-order valence-corrected chi connectivity index (χ4v) is 2.58. The number of nitrogens with zero attached hydrogens (tertiary/aromatic N) is 2. The zero-order valence-corrected chi connectivity index (χ0v) is 12.9. The van der Waals surface area contributed by atoms with Crippen molar-refractivity contribution >= 4 is 5.91 Å². The Labute approximate surface area is 126 Å². The van der Waals surface area contributed by atoms with Crippen molar-refractivity contribution in [2.75, 3.05) is 26.2 Å². The van der Waals surface area contributed by atoms with Crippen LogP contribution >= 0.6 is 0 Å². The molecule has 1 fully saturated rings. The molecule has 5 nitrogen and oxygen atoms in total. The van der Waals surface area contributed by atoms with Crippen molar-refractivity contribution < 1.29 is 9.90 Å². The molecule has 0 aliphatic carbocycles. The first-order valence-electron chi connectivity index (χ1n) is 7.67. The number of hydrogen-bond acceptors (Lipinski definition) is 4. The van der Waals surface area contributed by atoms with E-state index in [1.54, 1.807) is 6.07 Å². The molecule has 5 heteroatoms. The van der Waals surface area contributed by atoms with E-state index in [0.717, 1.165) is 24.7 Å². The van der Waals surface area contributed by atoms with Crippen LogP contribution < -0.4 is 5.32 Å². The lowest BCUT2D eigenvalue weighted by molar-refractivity contribution is 0.0792. The van der Waals surface area contributed by atoms with E-state index in [2.05, 4.69) is 22.1 Å². The Balaban J connectivity index is 1.73. The van der Waals surface area contributed by atoms with E-state index < -0.39 is 6.10 Å². The fourth-order valence-electron chi connectivity index (χ4n) is 2.58. The van der Waals surface area contributed by atoms with Gasteiger partial charge in [0.1, 0.15) is 5.69 Å². The average molecular weight is 291 g/mol. The van der Waals surface area contributed by atoms with Crippen LogP contribution in [0, 0.1) is 12.8 Å². The molecule has 0 aromatic carbocycles. The number of aromatic nitrogens is 1. The lowest BCUT2D eigenvalue weighted by atomic mass is 9.99. The number of pyridine rings is 1. The van der Waals surface area contributed by atoms with Crippen molar-refractivity contribution in [1.82, 2.24) is 15.2 Å². The number of likely N-dealkylation sites (tertiary alicyclic amines) is 1. The molecule has 1 saturated heterocycles. The molecule has 2 rings (SSSR count). The van der Waals surface area contributed by atoms with Crippen molar-refractivity contribution in [1.29, 1.82) is 0 Å². The molecule has 1 atom stereocenters. The SMILES string of the molecule is Cc1cccc(C(=O)NCC(O)CN2CCC(C)CC2)n1. The van der Waals surface area contributed by atoms with Gasteiger partial charge in [-0.2, -0.15) is 0 Å². The smallest absolute Gasteiger partial charge is 0.269 e. The largest absolute Gasteiger partial charge is 0.390 e. The number of aliphatic hydroxyl groups is 1. The van der Waals surface area contributed by atoms with Crippen molar-refractivity contribution in [2.24, 2.45) is 5.92 Å². The molecule has 1 aromatic heterocycles. The summed E-state index contributed by atoms with van der Waals surface area (Å²) in [6, 6.07) is 5.34. The van der Waals surface area contributed by atoms with Gasteiger partial charge < -0.3 is 15.3 Å². The molecule has 0 bridgehead atoms. The second-order valence-corrected chi connectivity index (χ2v) is 6.01. The van der Waals surface area contributed by atoms with E-state index in [-0.39, 0.29) is 12.5 Å². The van der Waals surface area contributed by atoms with E-state index in [1.165, 1.54) is 12.8 Å². The standard InChI is InChI=1S/C16H25N3O2/c1-12-6-8-19(9-7-12)11-14(20)10-17-16(21)15-5-3-4-13(2)18-15/h3-5,12,14,20H,6-11H2,1-2H3,(H,17,21). The van der Waals surface area contributed by atoms with Gasteiger partial charge in [0.05, 0.1) is 6.10 Å². The third-order valence-corrected chi connectivity index (χ3v) is 3.96. The van der Waals surface area contributed by atoms with Crippen LogP contribution in [0.1, 0.15) is 35.9 Å². The molecule has 0 radical (unpaired) electrons. The zero-order valence-electron chi connectivity index (χ0n) is 12.9. The Bertz CT molecular complexity index is 470. The van der Waals surface area contributed by atoms with E-state index in [1.807, 2.05) is 19.1 Å². The molecule has 1 amide bonds. The number of rotatable bonds is 5. The Hall–Kier alpha value is -1.46. The number of carbonyl (C=O) groups is 1. The molecular weight excluding hydrogens is 266 g/mol. The summed E-state index contributed by atoms with van der Waals surface area (Å²) in [7, 11) is 0. The maximum Gasteiger partial charge on any atom is 0.269 e. The maximum atomic E-state index is 11.9. The normalized spacial score (nSPS) is 18.4. The first-order chi connectivity index (χ1) is 10.0. The maximum absolute atomic E-state index is 11.9. The summed E-state index contributed by atoms with van der Waals surface area (Å²) in [6.07, 6.45) is 1.84. The summed E-state index contributed by atoms with van der Waals surface area (Å²) in [6.45, 7) is 7.07. The summed E-state index contributed by atoms with van der Waals surface area (Å²) >= 11 is 0. The van der Waals surface area contributed by atoms with Crippen LogP contribution in [0.2, 0.25) is 0 Å². The van der Waals surface area contributed by atoms with Crippen LogP contribution in [-0.4, -0.2) is 53.2 Å². The summed E-state index contributed by atoms with van der Waals surface area (Å²) in [5.74, 6) is 0.551. The van der Waals surface area contributed by atoms with Crippen LogP contribution in [0.5, 0.6) is 0 Å². The first-order valence-corrected chi connectivity index (χ1v) is 7.67. The number of aryl methyl sites for hydroxylation is 1. The van der Waals surface area contributed by atoms with Gasteiger partial charge in [0.2, 0.25) is 0 Å². The molecule has 1 aliphatic rings. The predicted molar refractivity (Wildman–Crippen MR) is 82.2 cm³/mol. The molecule has 0 saturated carbocycles. The lowest BCUT2D eigenvalue weighted by Gasteiger charge is -2.31. The first kappa shape index (κ1) is 15.9. The van der Waals surface area contributed by atoms with E-state index in [0.29, 0.717) is 12.2 Å². The average Bonchev–Trinajstić information content (AvgIpc) is 2.47. The van der Waals surface area contributed by atoms with Crippen LogP contribution in [0.15, 0.2) is 18.2 Å². The van der Waals surface area contributed by atoms with Crippen molar-refractivity contribution in [3.05, 3.63) is 29.6 Å². The summed E-state index contributed by atoms with van der Waals surface area (Å²) < 4.78 is 0. The van der Waals surface area contributed by atoms with Gasteiger partial charge in [0, 0.05) is 18.8 Å². The second kappa shape index (κ2) is 7.52. The van der Waals surface area contributed by atoms with Crippen LogP contribution in [0.3, 0.4) is 0 Å². The number of hydrogen-bond donors (Lipinski definition) is 2. The number of piperidine rings is 1. The minimum Gasteiger partial charge on any atom is -0.390 e. The van der Waals surface area contributed by atoms with E-state index >= 15 is 0 Å². The molecule has 1 aliphatic heterocycles.